The molecule has 2 aliphatic rings. The zero-order chi connectivity index (χ0) is 20.1. The van der Waals surface area contributed by atoms with Gasteiger partial charge in [-0.05, 0) is 61.9 Å². The average molecular weight is 397 g/mol. The zero-order valence-corrected chi connectivity index (χ0v) is 16.8. The predicted molar refractivity (Wildman–Crippen MR) is 112 cm³/mol. The lowest BCUT2D eigenvalue weighted by atomic mass is 10.0. The molecule has 154 valence electrons. The molecule has 1 N–H and O–H groups in total. The van der Waals surface area contributed by atoms with Gasteiger partial charge in [0.15, 0.2) is 0 Å². The maximum atomic E-state index is 13.5. The largest absolute Gasteiger partial charge is 0.322 e. The second kappa shape index (κ2) is 9.35. The highest BCUT2D eigenvalue weighted by Gasteiger charge is 2.33. The van der Waals surface area contributed by atoms with Gasteiger partial charge in [-0.3, -0.25) is 4.98 Å². The van der Waals surface area contributed by atoms with Crippen molar-refractivity contribution in [2.45, 2.75) is 38.1 Å². The van der Waals surface area contributed by atoms with Crippen molar-refractivity contribution >= 4 is 11.7 Å². The molecule has 1 aromatic carbocycles. The van der Waals surface area contributed by atoms with Gasteiger partial charge in [0.1, 0.15) is 5.82 Å². The summed E-state index contributed by atoms with van der Waals surface area (Å²) in [6, 6.07) is 12.3. The molecule has 1 saturated carbocycles. The van der Waals surface area contributed by atoms with Crippen molar-refractivity contribution in [3.8, 4) is 0 Å². The molecule has 5 nitrogen and oxygen atoms in total. The molecule has 0 spiro atoms. The number of benzene rings is 1. The highest BCUT2D eigenvalue weighted by Crippen LogP contribution is 2.32. The van der Waals surface area contributed by atoms with Crippen LogP contribution < -0.4 is 5.32 Å². The second-order valence-corrected chi connectivity index (χ2v) is 8.18. The monoisotopic (exact) mass is 396 g/mol. The van der Waals surface area contributed by atoms with Crippen LogP contribution in [0.3, 0.4) is 0 Å². The number of hydrogen-bond donors (Lipinski definition) is 1. The molecule has 2 heterocycles. The van der Waals surface area contributed by atoms with Crippen LogP contribution in [0.15, 0.2) is 48.7 Å². The van der Waals surface area contributed by atoms with Gasteiger partial charge in [-0.2, -0.15) is 0 Å². The third kappa shape index (κ3) is 5.76. The standard InChI is InChI=1S/C23H29FN4O/c24-19-4-3-6-21(16-19)26-23(29)28(17-18-7-8-18)22-10-14-27(15-11-22)13-9-20-5-1-2-12-25-20/h1-6,12,16,18,22H,7-11,13-15,17H2,(H,26,29). The fourth-order valence-corrected chi connectivity index (χ4v) is 4.01. The van der Waals surface area contributed by atoms with Gasteiger partial charge in [0.2, 0.25) is 0 Å². The first kappa shape index (κ1) is 19.8. The highest BCUT2D eigenvalue weighted by atomic mass is 19.1. The second-order valence-electron chi connectivity index (χ2n) is 8.18. The Bertz CT molecular complexity index is 804. The van der Waals surface area contributed by atoms with Gasteiger partial charge in [0.05, 0.1) is 0 Å². The molecule has 2 fully saturated rings. The average Bonchev–Trinajstić information content (AvgIpc) is 3.56. The Kier molecular flexibility index (Phi) is 6.39. The molecule has 0 bridgehead atoms. The first-order chi connectivity index (χ1) is 14.2. The molecule has 6 heteroatoms. The Balaban J connectivity index is 1.31. The van der Waals surface area contributed by atoms with E-state index in [1.165, 1.54) is 25.0 Å². The maximum Gasteiger partial charge on any atom is 0.322 e. The molecular formula is C23H29FN4O. The van der Waals surface area contributed by atoms with Crippen LogP contribution in [-0.2, 0) is 6.42 Å². The van der Waals surface area contributed by atoms with Gasteiger partial charge in [-0.15, -0.1) is 0 Å². The van der Waals surface area contributed by atoms with Crippen LogP contribution in [0.1, 0.15) is 31.4 Å². The third-order valence-corrected chi connectivity index (χ3v) is 5.90. The Hall–Kier alpha value is -2.47. The van der Waals surface area contributed by atoms with Crippen molar-refractivity contribution in [3.63, 3.8) is 0 Å². The number of nitrogens with one attached hydrogen (secondary N) is 1. The van der Waals surface area contributed by atoms with E-state index in [-0.39, 0.29) is 17.9 Å². The lowest BCUT2D eigenvalue weighted by Gasteiger charge is -2.38. The van der Waals surface area contributed by atoms with Crippen LogP contribution in [-0.4, -0.2) is 53.0 Å². The first-order valence-electron chi connectivity index (χ1n) is 10.6. The zero-order valence-electron chi connectivity index (χ0n) is 16.8. The molecule has 1 saturated heterocycles. The number of anilines is 1. The molecule has 0 radical (unpaired) electrons. The van der Waals surface area contributed by atoms with Gasteiger partial charge >= 0.3 is 6.03 Å². The number of halogens is 1. The highest BCUT2D eigenvalue weighted by molar-refractivity contribution is 5.89. The summed E-state index contributed by atoms with van der Waals surface area (Å²) < 4.78 is 13.5. The van der Waals surface area contributed by atoms with Crippen molar-refractivity contribution in [2.75, 3.05) is 31.5 Å². The van der Waals surface area contributed by atoms with E-state index in [2.05, 4.69) is 21.3 Å². The number of aromatic nitrogens is 1. The topological polar surface area (TPSA) is 48.5 Å². The van der Waals surface area contributed by atoms with Crippen LogP contribution in [0, 0.1) is 11.7 Å². The summed E-state index contributed by atoms with van der Waals surface area (Å²) in [6.45, 7) is 3.79. The number of likely N-dealkylation sites (tertiary alicyclic amines) is 1. The number of amides is 2. The first-order valence-corrected chi connectivity index (χ1v) is 10.6. The Labute approximate surface area is 171 Å². The molecule has 2 amide bonds. The quantitative estimate of drug-likeness (QED) is 0.764. The lowest BCUT2D eigenvalue weighted by Crippen LogP contribution is -2.49. The van der Waals surface area contributed by atoms with Crippen molar-refractivity contribution in [3.05, 3.63) is 60.2 Å². The number of carbonyl (C=O) groups excluding carboxylic acids is 1. The molecule has 0 atom stereocenters. The van der Waals surface area contributed by atoms with Crippen molar-refractivity contribution in [1.82, 2.24) is 14.8 Å². The van der Waals surface area contributed by atoms with Crippen LogP contribution in [0.2, 0.25) is 0 Å². The van der Waals surface area contributed by atoms with Crippen molar-refractivity contribution in [2.24, 2.45) is 5.92 Å². The molecule has 4 rings (SSSR count). The number of urea groups is 1. The van der Waals surface area contributed by atoms with E-state index in [0.717, 1.165) is 51.1 Å². The fraction of sp³-hybridized carbons (Fsp3) is 0.478. The number of nitrogens with zero attached hydrogens (tertiary/aromatic N) is 3. The number of pyridine rings is 1. The van der Waals surface area contributed by atoms with Gasteiger partial charge in [-0.1, -0.05) is 12.1 Å². The lowest BCUT2D eigenvalue weighted by molar-refractivity contribution is 0.125. The Morgan fingerprint density at radius 1 is 1.14 bits per heavy atom. The molecular weight excluding hydrogens is 367 g/mol. The number of hydrogen-bond acceptors (Lipinski definition) is 3. The summed E-state index contributed by atoms with van der Waals surface area (Å²) in [4.78, 5) is 21.8. The van der Waals surface area contributed by atoms with Crippen LogP contribution in [0.25, 0.3) is 0 Å². The summed E-state index contributed by atoms with van der Waals surface area (Å²) in [5.74, 6) is 0.285. The predicted octanol–water partition coefficient (Wildman–Crippen LogP) is 4.17. The van der Waals surface area contributed by atoms with E-state index in [9.17, 15) is 9.18 Å². The van der Waals surface area contributed by atoms with E-state index < -0.39 is 0 Å². The SMILES string of the molecule is O=C(Nc1cccc(F)c1)N(CC1CC1)C1CCN(CCc2ccccn2)CC1. The summed E-state index contributed by atoms with van der Waals surface area (Å²) >= 11 is 0. The minimum atomic E-state index is -0.335. The number of carbonyl (C=O) groups is 1. The fourth-order valence-electron chi connectivity index (χ4n) is 4.01. The smallest absolute Gasteiger partial charge is 0.321 e. The minimum absolute atomic E-state index is 0.102. The number of rotatable bonds is 7. The van der Waals surface area contributed by atoms with Crippen molar-refractivity contribution in [1.29, 1.82) is 0 Å². The summed E-state index contributed by atoms with van der Waals surface area (Å²) in [5, 5.41) is 2.90. The van der Waals surface area contributed by atoms with Crippen LogP contribution in [0.4, 0.5) is 14.9 Å². The summed E-state index contributed by atoms with van der Waals surface area (Å²) in [5.41, 5.74) is 1.64. The van der Waals surface area contributed by atoms with Gasteiger partial charge in [0, 0.05) is 56.2 Å². The van der Waals surface area contributed by atoms with Gasteiger partial charge in [0.25, 0.3) is 0 Å². The van der Waals surface area contributed by atoms with E-state index in [1.807, 2.05) is 23.2 Å². The van der Waals surface area contributed by atoms with E-state index in [0.29, 0.717) is 11.6 Å². The minimum Gasteiger partial charge on any atom is -0.321 e. The maximum absolute atomic E-state index is 13.5. The normalized spacial score (nSPS) is 17.8. The van der Waals surface area contributed by atoms with Crippen LogP contribution >= 0.6 is 0 Å². The van der Waals surface area contributed by atoms with E-state index in [1.54, 1.807) is 12.1 Å². The molecule has 29 heavy (non-hydrogen) atoms. The van der Waals surface area contributed by atoms with Gasteiger partial charge < -0.3 is 15.1 Å². The molecule has 1 aliphatic carbocycles. The Morgan fingerprint density at radius 3 is 2.66 bits per heavy atom. The summed E-state index contributed by atoms with van der Waals surface area (Å²) in [7, 11) is 0. The number of piperidine rings is 1. The van der Waals surface area contributed by atoms with E-state index >= 15 is 0 Å². The van der Waals surface area contributed by atoms with E-state index in [4.69, 9.17) is 0 Å². The molecule has 1 aromatic heterocycles. The molecule has 1 aliphatic heterocycles. The van der Waals surface area contributed by atoms with Crippen molar-refractivity contribution < 1.29 is 9.18 Å². The Morgan fingerprint density at radius 2 is 1.97 bits per heavy atom. The molecule has 0 unspecified atom stereocenters. The van der Waals surface area contributed by atoms with Gasteiger partial charge in [-0.25, -0.2) is 9.18 Å². The van der Waals surface area contributed by atoms with Crippen LogP contribution in [0.5, 0.6) is 0 Å². The summed E-state index contributed by atoms with van der Waals surface area (Å²) in [6.07, 6.45) is 7.16. The molecule has 2 aromatic rings. The third-order valence-electron chi connectivity index (χ3n) is 5.90.